The fourth-order valence-corrected chi connectivity index (χ4v) is 4.24. The van der Waals surface area contributed by atoms with E-state index in [0.29, 0.717) is 13.2 Å². The maximum atomic E-state index is 12.7. The Hall–Kier alpha value is -1.79. The number of pyridine rings is 1. The van der Waals surface area contributed by atoms with E-state index >= 15 is 0 Å². The van der Waals surface area contributed by atoms with Crippen LogP contribution in [0.4, 0.5) is 5.82 Å². The minimum absolute atomic E-state index is 0.125. The first-order valence-electron chi connectivity index (χ1n) is 8.40. The molecule has 5 nitrogen and oxygen atoms in total. The lowest BCUT2D eigenvalue weighted by Crippen LogP contribution is -2.52. The van der Waals surface area contributed by atoms with Crippen LogP contribution in [0.2, 0.25) is 0 Å². The van der Waals surface area contributed by atoms with Gasteiger partial charge in [0.25, 0.3) is 5.91 Å². The molecule has 0 N–H and O–H groups in total. The minimum atomic E-state index is -0.386. The molecule has 1 unspecified atom stereocenters. The number of ether oxygens (including phenoxy) is 1. The molecular weight excluding hydrogens is 322 g/mol. The second-order valence-corrected chi connectivity index (χ2v) is 7.32. The standard InChI is InChI=1S/C18H21N3O2S/c22-18(20-8-11-24-12-9-20)16-13-21(7-10-23-16)17-15-4-2-1-3-14(15)5-6-19-17/h1-6,16H,7-13H2. The smallest absolute Gasteiger partial charge is 0.253 e. The first kappa shape index (κ1) is 15.7. The number of nitrogens with zero attached hydrogens (tertiary/aromatic N) is 3. The van der Waals surface area contributed by atoms with E-state index in [-0.39, 0.29) is 12.0 Å². The van der Waals surface area contributed by atoms with Crippen LogP contribution in [-0.4, -0.2) is 66.2 Å². The molecule has 0 bridgehead atoms. The Morgan fingerprint density at radius 3 is 2.88 bits per heavy atom. The predicted molar refractivity (Wildman–Crippen MR) is 97.6 cm³/mol. The molecule has 2 aliphatic heterocycles. The zero-order chi connectivity index (χ0) is 16.4. The van der Waals surface area contributed by atoms with Gasteiger partial charge in [-0.2, -0.15) is 11.8 Å². The highest BCUT2D eigenvalue weighted by Gasteiger charge is 2.31. The molecule has 2 fully saturated rings. The van der Waals surface area contributed by atoms with Crippen LogP contribution in [-0.2, 0) is 9.53 Å². The van der Waals surface area contributed by atoms with Crippen LogP contribution in [0.1, 0.15) is 0 Å². The van der Waals surface area contributed by atoms with E-state index in [4.69, 9.17) is 4.74 Å². The number of benzene rings is 1. The lowest BCUT2D eigenvalue weighted by molar-refractivity contribution is -0.144. The quantitative estimate of drug-likeness (QED) is 0.835. The maximum absolute atomic E-state index is 12.7. The highest BCUT2D eigenvalue weighted by atomic mass is 32.2. The summed E-state index contributed by atoms with van der Waals surface area (Å²) < 4.78 is 5.79. The van der Waals surface area contributed by atoms with Crippen molar-refractivity contribution in [2.75, 3.05) is 49.2 Å². The minimum Gasteiger partial charge on any atom is -0.365 e. The Kier molecular flexibility index (Phi) is 4.58. The summed E-state index contributed by atoms with van der Waals surface area (Å²) >= 11 is 1.91. The van der Waals surface area contributed by atoms with E-state index < -0.39 is 0 Å². The number of morpholine rings is 1. The molecule has 1 aromatic heterocycles. The monoisotopic (exact) mass is 343 g/mol. The molecule has 24 heavy (non-hydrogen) atoms. The highest BCUT2D eigenvalue weighted by Crippen LogP contribution is 2.26. The van der Waals surface area contributed by atoms with Crippen LogP contribution >= 0.6 is 11.8 Å². The van der Waals surface area contributed by atoms with Gasteiger partial charge in [0.15, 0.2) is 6.10 Å². The molecule has 1 amide bonds. The van der Waals surface area contributed by atoms with Crippen molar-refractivity contribution in [2.45, 2.75) is 6.10 Å². The van der Waals surface area contributed by atoms with Crippen molar-refractivity contribution in [3.8, 4) is 0 Å². The maximum Gasteiger partial charge on any atom is 0.253 e. The van der Waals surface area contributed by atoms with Crippen LogP contribution in [0.3, 0.4) is 0 Å². The molecule has 2 aliphatic rings. The summed E-state index contributed by atoms with van der Waals surface area (Å²) in [6.07, 6.45) is 1.45. The Balaban J connectivity index is 1.55. The summed E-state index contributed by atoms with van der Waals surface area (Å²) in [5, 5.41) is 2.30. The van der Waals surface area contributed by atoms with Gasteiger partial charge >= 0.3 is 0 Å². The van der Waals surface area contributed by atoms with Gasteiger partial charge in [0.05, 0.1) is 13.2 Å². The predicted octanol–water partition coefficient (Wildman–Crippen LogP) is 2.02. The van der Waals surface area contributed by atoms with Crippen molar-refractivity contribution < 1.29 is 9.53 Å². The number of rotatable bonds is 2. The summed E-state index contributed by atoms with van der Waals surface area (Å²) in [6.45, 7) is 3.56. The number of thioether (sulfide) groups is 1. The van der Waals surface area contributed by atoms with E-state index in [1.165, 1.54) is 5.39 Å². The number of carbonyl (C=O) groups excluding carboxylic acids is 1. The van der Waals surface area contributed by atoms with Crippen molar-refractivity contribution >= 4 is 34.3 Å². The molecular formula is C18H21N3O2S. The SMILES string of the molecule is O=C(C1CN(c2nccc3ccccc23)CCO1)N1CCSCC1. The molecule has 2 saturated heterocycles. The van der Waals surface area contributed by atoms with Gasteiger partial charge in [0.1, 0.15) is 5.82 Å². The Morgan fingerprint density at radius 2 is 2.00 bits per heavy atom. The third-order valence-electron chi connectivity index (χ3n) is 4.62. The second-order valence-electron chi connectivity index (χ2n) is 6.10. The summed E-state index contributed by atoms with van der Waals surface area (Å²) in [5.74, 6) is 3.11. The second kappa shape index (κ2) is 6.99. The summed E-state index contributed by atoms with van der Waals surface area (Å²) in [6, 6.07) is 10.3. The number of hydrogen-bond donors (Lipinski definition) is 0. The van der Waals surface area contributed by atoms with Crippen LogP contribution in [0.15, 0.2) is 36.5 Å². The van der Waals surface area contributed by atoms with Crippen LogP contribution < -0.4 is 4.90 Å². The third kappa shape index (κ3) is 3.08. The summed E-state index contributed by atoms with van der Waals surface area (Å²) in [5.41, 5.74) is 0. The first-order valence-corrected chi connectivity index (χ1v) is 9.55. The molecule has 2 aromatic rings. The fourth-order valence-electron chi connectivity index (χ4n) is 3.33. The van der Waals surface area contributed by atoms with E-state index in [0.717, 1.165) is 42.3 Å². The zero-order valence-corrected chi connectivity index (χ0v) is 14.4. The molecule has 0 spiro atoms. The van der Waals surface area contributed by atoms with Gasteiger partial charge in [-0.05, 0) is 11.5 Å². The Morgan fingerprint density at radius 1 is 1.17 bits per heavy atom. The summed E-state index contributed by atoms with van der Waals surface area (Å²) in [7, 11) is 0. The Bertz CT molecular complexity index is 728. The molecule has 4 rings (SSSR count). The molecule has 1 atom stereocenters. The van der Waals surface area contributed by atoms with Gasteiger partial charge in [0, 0.05) is 42.7 Å². The number of fused-ring (bicyclic) bond motifs is 1. The first-order chi connectivity index (χ1) is 11.8. The van der Waals surface area contributed by atoms with E-state index in [2.05, 4.69) is 22.0 Å². The lowest BCUT2D eigenvalue weighted by Gasteiger charge is -2.36. The Labute approximate surface area is 146 Å². The van der Waals surface area contributed by atoms with Crippen molar-refractivity contribution in [3.63, 3.8) is 0 Å². The number of aromatic nitrogens is 1. The average Bonchev–Trinajstić information content (AvgIpc) is 2.68. The number of carbonyl (C=O) groups is 1. The number of hydrogen-bond acceptors (Lipinski definition) is 5. The topological polar surface area (TPSA) is 45.7 Å². The molecule has 0 aliphatic carbocycles. The number of anilines is 1. The largest absolute Gasteiger partial charge is 0.365 e. The molecule has 0 saturated carbocycles. The fraction of sp³-hybridized carbons (Fsp3) is 0.444. The van der Waals surface area contributed by atoms with Gasteiger partial charge in [-0.15, -0.1) is 0 Å². The van der Waals surface area contributed by atoms with Crippen LogP contribution in [0.5, 0.6) is 0 Å². The van der Waals surface area contributed by atoms with Crippen molar-refractivity contribution in [1.82, 2.24) is 9.88 Å². The molecule has 0 radical (unpaired) electrons. The van der Waals surface area contributed by atoms with E-state index in [1.807, 2.05) is 41.1 Å². The van der Waals surface area contributed by atoms with Gasteiger partial charge in [-0.25, -0.2) is 4.98 Å². The van der Waals surface area contributed by atoms with Crippen molar-refractivity contribution in [3.05, 3.63) is 36.5 Å². The zero-order valence-electron chi connectivity index (χ0n) is 13.6. The van der Waals surface area contributed by atoms with Gasteiger partial charge in [-0.1, -0.05) is 24.3 Å². The van der Waals surface area contributed by atoms with Crippen LogP contribution in [0, 0.1) is 0 Å². The normalized spacial score (nSPS) is 21.9. The molecule has 3 heterocycles. The van der Waals surface area contributed by atoms with Crippen LogP contribution in [0.25, 0.3) is 10.8 Å². The molecule has 126 valence electrons. The molecule has 1 aromatic carbocycles. The highest BCUT2D eigenvalue weighted by molar-refractivity contribution is 7.99. The average molecular weight is 343 g/mol. The summed E-state index contributed by atoms with van der Waals surface area (Å²) in [4.78, 5) is 21.5. The number of amides is 1. The van der Waals surface area contributed by atoms with E-state index in [9.17, 15) is 4.79 Å². The van der Waals surface area contributed by atoms with Crippen molar-refractivity contribution in [1.29, 1.82) is 0 Å². The third-order valence-corrected chi connectivity index (χ3v) is 5.56. The van der Waals surface area contributed by atoms with E-state index in [1.54, 1.807) is 0 Å². The van der Waals surface area contributed by atoms with Gasteiger partial charge in [0.2, 0.25) is 0 Å². The van der Waals surface area contributed by atoms with Gasteiger partial charge < -0.3 is 14.5 Å². The van der Waals surface area contributed by atoms with Crippen molar-refractivity contribution in [2.24, 2.45) is 0 Å². The van der Waals surface area contributed by atoms with Gasteiger partial charge in [-0.3, -0.25) is 4.79 Å². The lowest BCUT2D eigenvalue weighted by atomic mass is 10.1. The molecule has 6 heteroatoms.